The third-order valence-electron chi connectivity index (χ3n) is 16.3. The lowest BCUT2D eigenvalue weighted by atomic mass is 9.43. The van der Waals surface area contributed by atoms with Crippen LogP contribution < -0.4 is 4.90 Å². The number of nitrogens with zero attached hydrogens (tertiary/aromatic N) is 1. The van der Waals surface area contributed by atoms with Crippen LogP contribution >= 0.6 is 0 Å². The summed E-state index contributed by atoms with van der Waals surface area (Å²) in [5.41, 5.74) is 19.1. The van der Waals surface area contributed by atoms with Crippen molar-refractivity contribution in [3.05, 3.63) is 162 Å². The Bertz CT molecular complexity index is 2460. The van der Waals surface area contributed by atoms with Gasteiger partial charge in [0.2, 0.25) is 0 Å². The molecule has 0 saturated heterocycles. The molecule has 6 bridgehead atoms. The van der Waals surface area contributed by atoms with E-state index in [1.165, 1.54) is 108 Å². The third kappa shape index (κ3) is 3.81. The molecule has 0 aliphatic heterocycles. The Morgan fingerprint density at radius 2 is 1.06 bits per heavy atom. The molecule has 1 nitrogen and oxygen atoms in total. The summed E-state index contributed by atoms with van der Waals surface area (Å²) in [7, 11) is 0. The molecule has 0 amide bonds. The molecule has 14 rings (SSSR count). The van der Waals surface area contributed by atoms with Gasteiger partial charge in [-0.2, -0.15) is 0 Å². The van der Waals surface area contributed by atoms with Gasteiger partial charge in [0.25, 0.3) is 0 Å². The molecule has 54 heavy (non-hydrogen) atoms. The zero-order valence-corrected chi connectivity index (χ0v) is 31.1. The van der Waals surface area contributed by atoms with Crippen LogP contribution in [0, 0.1) is 35.5 Å². The normalized spacial score (nSPS) is 31.2. The zero-order chi connectivity index (χ0) is 35.2. The van der Waals surface area contributed by atoms with Gasteiger partial charge in [0.15, 0.2) is 0 Å². The predicted octanol–water partition coefficient (Wildman–Crippen LogP) is 13.6. The van der Waals surface area contributed by atoms with Gasteiger partial charge < -0.3 is 4.90 Å². The van der Waals surface area contributed by atoms with Gasteiger partial charge >= 0.3 is 0 Å². The summed E-state index contributed by atoms with van der Waals surface area (Å²) in [6.45, 7) is 0. The van der Waals surface area contributed by atoms with Crippen LogP contribution in [0.2, 0.25) is 0 Å². The van der Waals surface area contributed by atoms with Gasteiger partial charge in [-0.25, -0.2) is 0 Å². The Morgan fingerprint density at radius 3 is 1.80 bits per heavy atom. The topological polar surface area (TPSA) is 3.24 Å². The van der Waals surface area contributed by atoms with E-state index in [0.29, 0.717) is 0 Å². The summed E-state index contributed by atoms with van der Waals surface area (Å²) in [6.07, 6.45) is 12.6. The van der Waals surface area contributed by atoms with Gasteiger partial charge in [-0.3, -0.25) is 0 Å². The Labute approximate surface area is 320 Å². The average molecular weight is 698 g/mol. The second kappa shape index (κ2) is 10.9. The van der Waals surface area contributed by atoms with Gasteiger partial charge in [0.05, 0.1) is 5.69 Å². The van der Waals surface area contributed by atoms with Crippen molar-refractivity contribution in [2.45, 2.75) is 68.6 Å². The average Bonchev–Trinajstić information content (AvgIpc) is 3.98. The summed E-state index contributed by atoms with van der Waals surface area (Å²) in [5.74, 6) is 4.97. The van der Waals surface area contributed by atoms with Crippen molar-refractivity contribution < 1.29 is 0 Å². The fraction of sp³-hybridized carbons (Fsp3) is 0.321. The molecule has 3 atom stereocenters. The minimum atomic E-state index is 0.142. The van der Waals surface area contributed by atoms with Crippen molar-refractivity contribution in [1.82, 2.24) is 0 Å². The highest BCUT2D eigenvalue weighted by atomic mass is 15.1. The molecule has 0 aromatic heterocycles. The van der Waals surface area contributed by atoms with Crippen molar-refractivity contribution in [2.24, 2.45) is 35.5 Å². The van der Waals surface area contributed by atoms with Crippen molar-refractivity contribution in [2.75, 3.05) is 4.90 Å². The second-order valence-corrected chi connectivity index (χ2v) is 18.5. The Balaban J connectivity index is 1.04. The van der Waals surface area contributed by atoms with E-state index in [9.17, 15) is 0 Å². The first-order valence-corrected chi connectivity index (χ1v) is 21.1. The number of anilines is 3. The highest BCUT2D eigenvalue weighted by Crippen LogP contribution is 2.71. The molecular formula is C53H47N. The lowest BCUT2D eigenvalue weighted by molar-refractivity contribution is -0.0399. The van der Waals surface area contributed by atoms with E-state index < -0.39 is 0 Å². The molecule has 0 radical (unpaired) electrons. The first-order chi connectivity index (χ1) is 26.7. The number of rotatable bonds is 4. The molecule has 0 N–H and O–H groups in total. The summed E-state index contributed by atoms with van der Waals surface area (Å²) in [5, 5.41) is 0. The van der Waals surface area contributed by atoms with Crippen LogP contribution in [0.4, 0.5) is 17.1 Å². The largest absolute Gasteiger partial charge is 0.310 e. The molecule has 1 heteroatoms. The molecule has 2 spiro atoms. The summed E-state index contributed by atoms with van der Waals surface area (Å²) >= 11 is 0. The lowest BCUT2D eigenvalue weighted by Crippen LogP contribution is -2.55. The maximum Gasteiger partial charge on any atom is 0.0543 e. The number of fused-ring (bicyclic) bond motifs is 11. The maximum atomic E-state index is 2.66. The first kappa shape index (κ1) is 30.4. The van der Waals surface area contributed by atoms with Crippen LogP contribution in [0.1, 0.15) is 80.0 Å². The van der Waals surface area contributed by atoms with Gasteiger partial charge in [0, 0.05) is 27.8 Å². The molecule has 8 aliphatic rings. The molecule has 6 aromatic rings. The standard InChI is InChI=1S/C53H47N/c1-2-9-36(10-3-1)37-18-21-41(22-19-37)54(42-23-24-44-43-11-4-6-13-46(43)52(49(44)31-42)32-33-17-20-38(52)26-33)50-16-8-15-48-51(50)45-12-5-7-14-47(45)53(48)39-27-34-25-35(29-39)30-40(53)28-34/h1-16,18-19,21-24,31,33-35,38-40H,17,20,25-30,32H2. The minimum Gasteiger partial charge on any atom is -0.310 e. The molecule has 0 heterocycles. The monoisotopic (exact) mass is 697 g/mol. The molecule has 264 valence electrons. The predicted molar refractivity (Wildman–Crippen MR) is 221 cm³/mol. The van der Waals surface area contributed by atoms with Crippen LogP contribution in [0.25, 0.3) is 33.4 Å². The van der Waals surface area contributed by atoms with E-state index in [4.69, 9.17) is 0 Å². The molecule has 6 saturated carbocycles. The van der Waals surface area contributed by atoms with Crippen LogP contribution in [0.3, 0.4) is 0 Å². The summed E-state index contributed by atoms with van der Waals surface area (Å²) < 4.78 is 0. The number of hydrogen-bond acceptors (Lipinski definition) is 1. The molecule has 8 aliphatic carbocycles. The van der Waals surface area contributed by atoms with E-state index >= 15 is 0 Å². The molecule has 6 aromatic carbocycles. The highest BCUT2D eigenvalue weighted by molar-refractivity contribution is 5.96. The SMILES string of the molecule is c1ccc(-c2ccc(N(c3ccc4c(c3)C3(CC5CCC3C5)c3ccccc3-4)c3cccc4c3-c3ccccc3C43C4CC5CC(C4)CC3C5)cc2)cc1. The highest BCUT2D eigenvalue weighted by Gasteiger charge is 2.62. The van der Waals surface area contributed by atoms with Crippen LogP contribution in [-0.2, 0) is 10.8 Å². The van der Waals surface area contributed by atoms with E-state index in [1.807, 2.05) is 0 Å². The van der Waals surface area contributed by atoms with Crippen molar-refractivity contribution in [1.29, 1.82) is 0 Å². The quantitative estimate of drug-likeness (QED) is 0.177. The molecule has 3 unspecified atom stereocenters. The van der Waals surface area contributed by atoms with Crippen LogP contribution in [-0.4, -0.2) is 0 Å². The number of benzene rings is 6. The van der Waals surface area contributed by atoms with Crippen molar-refractivity contribution >= 4 is 17.1 Å². The summed E-state index contributed by atoms with van der Waals surface area (Å²) in [4.78, 5) is 2.66. The fourth-order valence-corrected chi connectivity index (χ4v) is 14.7. The van der Waals surface area contributed by atoms with Crippen molar-refractivity contribution in [3.63, 3.8) is 0 Å². The Kier molecular flexibility index (Phi) is 6.13. The van der Waals surface area contributed by atoms with Crippen LogP contribution in [0.5, 0.6) is 0 Å². The van der Waals surface area contributed by atoms with E-state index in [1.54, 1.807) is 22.3 Å². The van der Waals surface area contributed by atoms with E-state index in [-0.39, 0.29) is 10.8 Å². The van der Waals surface area contributed by atoms with Crippen molar-refractivity contribution in [3.8, 4) is 33.4 Å². The van der Waals surface area contributed by atoms with Gasteiger partial charge in [0.1, 0.15) is 0 Å². The number of hydrogen-bond donors (Lipinski definition) is 0. The van der Waals surface area contributed by atoms with Crippen LogP contribution in [0.15, 0.2) is 140 Å². The molecular weight excluding hydrogens is 651 g/mol. The third-order valence-corrected chi connectivity index (χ3v) is 16.3. The first-order valence-electron chi connectivity index (χ1n) is 21.1. The van der Waals surface area contributed by atoms with Gasteiger partial charge in [-0.05, 0) is 167 Å². The Morgan fingerprint density at radius 1 is 0.426 bits per heavy atom. The zero-order valence-electron chi connectivity index (χ0n) is 31.1. The smallest absolute Gasteiger partial charge is 0.0543 e. The van der Waals surface area contributed by atoms with Gasteiger partial charge in [-0.15, -0.1) is 0 Å². The van der Waals surface area contributed by atoms with Gasteiger partial charge in [-0.1, -0.05) is 116 Å². The summed E-state index contributed by atoms with van der Waals surface area (Å²) in [6, 6.07) is 54.4. The minimum absolute atomic E-state index is 0.142. The van der Waals surface area contributed by atoms with E-state index in [0.717, 1.165) is 35.5 Å². The van der Waals surface area contributed by atoms with E-state index in [2.05, 4.69) is 144 Å². The molecule has 6 fully saturated rings. The maximum absolute atomic E-state index is 2.66. The Hall–Kier alpha value is -4.88. The fourth-order valence-electron chi connectivity index (χ4n) is 14.7. The second-order valence-electron chi connectivity index (χ2n) is 18.5. The lowest BCUT2D eigenvalue weighted by Gasteiger charge is -2.61.